The van der Waals surface area contributed by atoms with Crippen molar-refractivity contribution in [3.05, 3.63) is 59.9 Å². The second-order valence-corrected chi connectivity index (χ2v) is 5.60. The van der Waals surface area contributed by atoms with Crippen LogP contribution in [0.4, 0.5) is 10.1 Å². The average molecular weight is 302 g/mol. The van der Waals surface area contributed by atoms with Crippen molar-refractivity contribution in [3.8, 4) is 6.07 Å². The van der Waals surface area contributed by atoms with E-state index in [9.17, 15) is 13.4 Å². The minimum Gasteiger partial charge on any atom is -0.324 e. The van der Waals surface area contributed by atoms with E-state index in [4.69, 9.17) is 5.26 Å². The number of anilines is 1. The number of carbonyl (C=O) groups excluding carboxylic acids is 1. The standard InChI is InChI=1S/C15H11FN2O2S/c16-12-5-7-13(8-6-12)21(20)10-15(19)18-14-4-2-1-3-11(14)9-17/h1-8H,10H2,(H,18,19). The third-order valence-corrected chi connectivity index (χ3v) is 3.98. The molecule has 0 aliphatic carbocycles. The van der Waals surface area contributed by atoms with Crippen molar-refractivity contribution in [2.24, 2.45) is 0 Å². The SMILES string of the molecule is N#Cc1ccccc1NC(=O)CS(=O)c1ccc(F)cc1. The van der Waals surface area contributed by atoms with Gasteiger partial charge in [-0.1, -0.05) is 12.1 Å². The first-order valence-corrected chi connectivity index (χ1v) is 7.35. The fraction of sp³-hybridized carbons (Fsp3) is 0.0667. The van der Waals surface area contributed by atoms with Gasteiger partial charge in [0.15, 0.2) is 0 Å². The molecule has 106 valence electrons. The number of amides is 1. The Bertz CT molecular complexity index is 723. The van der Waals surface area contributed by atoms with Crippen LogP contribution >= 0.6 is 0 Å². The molecule has 4 nitrogen and oxygen atoms in total. The molecule has 2 aromatic rings. The number of nitrogens with zero attached hydrogens (tertiary/aromatic N) is 1. The second-order valence-electron chi connectivity index (χ2n) is 4.15. The lowest BCUT2D eigenvalue weighted by atomic mass is 10.2. The highest BCUT2D eigenvalue weighted by atomic mass is 32.2. The number of hydrogen-bond donors (Lipinski definition) is 1. The maximum Gasteiger partial charge on any atom is 0.237 e. The Morgan fingerprint density at radius 3 is 2.52 bits per heavy atom. The molecule has 1 amide bonds. The van der Waals surface area contributed by atoms with Gasteiger partial charge in [0.2, 0.25) is 5.91 Å². The minimum absolute atomic E-state index is 0.259. The monoisotopic (exact) mass is 302 g/mol. The predicted molar refractivity (Wildman–Crippen MR) is 77.5 cm³/mol. The summed E-state index contributed by atoms with van der Waals surface area (Å²) >= 11 is 0. The number of hydrogen-bond acceptors (Lipinski definition) is 3. The quantitative estimate of drug-likeness (QED) is 0.943. The number of benzene rings is 2. The van der Waals surface area contributed by atoms with E-state index in [1.165, 1.54) is 24.3 Å². The normalized spacial score (nSPS) is 11.4. The van der Waals surface area contributed by atoms with Gasteiger partial charge in [-0.2, -0.15) is 5.26 Å². The van der Waals surface area contributed by atoms with E-state index in [0.717, 1.165) is 0 Å². The Balaban J connectivity index is 2.03. The van der Waals surface area contributed by atoms with Gasteiger partial charge in [-0.15, -0.1) is 0 Å². The van der Waals surface area contributed by atoms with Crippen molar-refractivity contribution in [1.29, 1.82) is 5.26 Å². The predicted octanol–water partition coefficient (Wildman–Crippen LogP) is 2.44. The Morgan fingerprint density at radius 1 is 1.19 bits per heavy atom. The maximum absolute atomic E-state index is 12.8. The molecule has 2 rings (SSSR count). The van der Waals surface area contributed by atoms with E-state index in [1.807, 2.05) is 6.07 Å². The highest BCUT2D eigenvalue weighted by Crippen LogP contribution is 2.14. The van der Waals surface area contributed by atoms with Crippen molar-refractivity contribution < 1.29 is 13.4 Å². The Labute approximate surface area is 123 Å². The van der Waals surface area contributed by atoms with Crippen LogP contribution in [0.25, 0.3) is 0 Å². The lowest BCUT2D eigenvalue weighted by Crippen LogP contribution is -2.20. The van der Waals surface area contributed by atoms with Crippen LogP contribution in [0.5, 0.6) is 0 Å². The van der Waals surface area contributed by atoms with Crippen molar-refractivity contribution in [3.63, 3.8) is 0 Å². The Kier molecular flexibility index (Phi) is 4.80. The molecule has 0 saturated carbocycles. The molecule has 0 heterocycles. The van der Waals surface area contributed by atoms with Crippen LogP contribution in [0.2, 0.25) is 0 Å². The molecule has 1 N–H and O–H groups in total. The van der Waals surface area contributed by atoms with Crippen molar-refractivity contribution in [1.82, 2.24) is 0 Å². The highest BCUT2D eigenvalue weighted by molar-refractivity contribution is 7.85. The van der Waals surface area contributed by atoms with Gasteiger partial charge in [-0.3, -0.25) is 9.00 Å². The molecule has 0 bridgehead atoms. The van der Waals surface area contributed by atoms with E-state index >= 15 is 0 Å². The molecule has 0 radical (unpaired) electrons. The molecule has 6 heteroatoms. The first-order chi connectivity index (χ1) is 10.1. The summed E-state index contributed by atoms with van der Waals surface area (Å²) in [5, 5.41) is 11.5. The van der Waals surface area contributed by atoms with E-state index in [-0.39, 0.29) is 5.75 Å². The third kappa shape index (κ3) is 3.97. The van der Waals surface area contributed by atoms with Gasteiger partial charge in [0.1, 0.15) is 17.6 Å². The smallest absolute Gasteiger partial charge is 0.237 e. The summed E-state index contributed by atoms with van der Waals surface area (Å²) in [7, 11) is -1.57. The molecule has 0 spiro atoms. The summed E-state index contributed by atoms with van der Waals surface area (Å²) < 4.78 is 24.7. The first kappa shape index (κ1) is 14.9. The van der Waals surface area contributed by atoms with Gasteiger partial charge in [-0.05, 0) is 36.4 Å². The fourth-order valence-electron chi connectivity index (χ4n) is 1.66. The minimum atomic E-state index is -1.57. The number of para-hydroxylation sites is 1. The molecule has 0 aliphatic rings. The van der Waals surface area contributed by atoms with Gasteiger partial charge >= 0.3 is 0 Å². The Morgan fingerprint density at radius 2 is 1.86 bits per heavy atom. The zero-order valence-electron chi connectivity index (χ0n) is 10.9. The number of nitrogens with one attached hydrogen (secondary N) is 1. The van der Waals surface area contributed by atoms with Crippen LogP contribution in [0.15, 0.2) is 53.4 Å². The molecule has 0 aliphatic heterocycles. The molecule has 0 fully saturated rings. The summed E-state index contributed by atoms with van der Waals surface area (Å²) in [6, 6.07) is 13.6. The zero-order chi connectivity index (χ0) is 15.2. The molecular formula is C15H11FN2O2S. The van der Waals surface area contributed by atoms with Crippen molar-refractivity contribution >= 4 is 22.4 Å². The van der Waals surface area contributed by atoms with Crippen molar-refractivity contribution in [2.75, 3.05) is 11.1 Å². The molecule has 2 aromatic carbocycles. The first-order valence-electron chi connectivity index (χ1n) is 6.03. The lowest BCUT2D eigenvalue weighted by Gasteiger charge is -2.06. The number of carbonyl (C=O) groups is 1. The number of nitriles is 1. The van der Waals surface area contributed by atoms with Gasteiger partial charge in [0.25, 0.3) is 0 Å². The molecular weight excluding hydrogens is 291 g/mol. The van der Waals surface area contributed by atoms with Crippen molar-refractivity contribution in [2.45, 2.75) is 4.90 Å². The van der Waals surface area contributed by atoms with E-state index < -0.39 is 22.5 Å². The maximum atomic E-state index is 12.8. The third-order valence-electron chi connectivity index (χ3n) is 2.66. The highest BCUT2D eigenvalue weighted by Gasteiger charge is 2.12. The van der Waals surface area contributed by atoms with Crippen LogP contribution in [0.3, 0.4) is 0 Å². The molecule has 1 atom stereocenters. The molecule has 1 unspecified atom stereocenters. The van der Waals surface area contributed by atoms with Crippen LogP contribution in [-0.4, -0.2) is 15.9 Å². The van der Waals surface area contributed by atoms with Crippen LogP contribution in [0, 0.1) is 17.1 Å². The Hall–Kier alpha value is -2.52. The van der Waals surface area contributed by atoms with E-state index in [0.29, 0.717) is 16.1 Å². The van der Waals surface area contributed by atoms with Gasteiger partial charge in [-0.25, -0.2) is 4.39 Å². The van der Waals surface area contributed by atoms with Gasteiger partial charge in [0, 0.05) is 4.90 Å². The average Bonchev–Trinajstić information content (AvgIpc) is 2.48. The summed E-state index contributed by atoms with van der Waals surface area (Å²) in [6.45, 7) is 0. The van der Waals surface area contributed by atoms with E-state index in [2.05, 4.69) is 5.32 Å². The van der Waals surface area contributed by atoms with Gasteiger partial charge < -0.3 is 5.32 Å². The lowest BCUT2D eigenvalue weighted by molar-refractivity contribution is -0.113. The van der Waals surface area contributed by atoms with Crippen LogP contribution < -0.4 is 5.32 Å². The summed E-state index contributed by atoms with van der Waals surface area (Å²) in [5.74, 6) is -1.16. The second kappa shape index (κ2) is 6.77. The number of rotatable bonds is 4. The van der Waals surface area contributed by atoms with E-state index in [1.54, 1.807) is 24.3 Å². The zero-order valence-corrected chi connectivity index (χ0v) is 11.7. The number of halogens is 1. The molecule has 21 heavy (non-hydrogen) atoms. The fourth-order valence-corrected chi connectivity index (χ4v) is 2.58. The topological polar surface area (TPSA) is 70.0 Å². The molecule has 0 saturated heterocycles. The summed E-state index contributed by atoms with van der Waals surface area (Å²) in [4.78, 5) is 12.2. The summed E-state index contributed by atoms with van der Waals surface area (Å²) in [5.41, 5.74) is 0.708. The van der Waals surface area contributed by atoms with Gasteiger partial charge in [0.05, 0.1) is 22.1 Å². The van der Waals surface area contributed by atoms with Crippen LogP contribution in [-0.2, 0) is 15.6 Å². The summed E-state index contributed by atoms with van der Waals surface area (Å²) in [6.07, 6.45) is 0. The van der Waals surface area contributed by atoms with Crippen LogP contribution in [0.1, 0.15) is 5.56 Å². The molecule has 0 aromatic heterocycles. The largest absolute Gasteiger partial charge is 0.324 e.